The smallest absolute Gasteiger partial charge is 0.255 e. The number of carbonyl (C=O) groups excluding carboxylic acids is 1. The Kier molecular flexibility index (Phi) is 5.31. The quantitative estimate of drug-likeness (QED) is 0.649. The zero-order valence-corrected chi connectivity index (χ0v) is 17.6. The highest BCUT2D eigenvalue weighted by atomic mass is 16.5. The van der Waals surface area contributed by atoms with E-state index < -0.39 is 0 Å². The molecule has 5 heteroatoms. The average molecular weight is 392 g/mol. The molecule has 0 spiro atoms. The summed E-state index contributed by atoms with van der Waals surface area (Å²) in [4.78, 5) is 12.6. The lowest BCUT2D eigenvalue weighted by molar-refractivity contribution is 0.0696. The standard InChI is InChI=1S/C24H29N3O2/c1-15(2)17-8-9-23(20(11-17)16(3)4)29-19-12-18(13-19)26-24(28)21-14-25-27-10-6-5-7-22(21)27/h5-11,14-16,18-19H,12-13H2,1-4H3,(H,26,28)/t18-,19-. The lowest BCUT2D eigenvalue weighted by Gasteiger charge is -2.36. The van der Waals surface area contributed by atoms with Crippen molar-refractivity contribution in [1.82, 2.24) is 14.9 Å². The van der Waals surface area contributed by atoms with Crippen LogP contribution in [0.4, 0.5) is 0 Å². The largest absolute Gasteiger partial charge is 0.490 e. The van der Waals surface area contributed by atoms with Crippen LogP contribution in [0.25, 0.3) is 5.52 Å². The fourth-order valence-corrected chi connectivity index (χ4v) is 3.82. The zero-order chi connectivity index (χ0) is 20.5. The Hall–Kier alpha value is -2.82. The van der Waals surface area contributed by atoms with Crippen LogP contribution in [0.2, 0.25) is 0 Å². The minimum Gasteiger partial charge on any atom is -0.490 e. The molecule has 3 aromatic rings. The summed E-state index contributed by atoms with van der Waals surface area (Å²) in [6.07, 6.45) is 5.27. The van der Waals surface area contributed by atoms with Gasteiger partial charge < -0.3 is 10.1 Å². The molecular weight excluding hydrogens is 362 g/mol. The molecule has 1 aliphatic rings. The summed E-state index contributed by atoms with van der Waals surface area (Å²) < 4.78 is 8.00. The van der Waals surface area contributed by atoms with Gasteiger partial charge in [-0.2, -0.15) is 5.10 Å². The number of hydrogen-bond acceptors (Lipinski definition) is 3. The first-order valence-corrected chi connectivity index (χ1v) is 10.5. The van der Waals surface area contributed by atoms with Crippen molar-refractivity contribution in [2.24, 2.45) is 0 Å². The second-order valence-corrected chi connectivity index (χ2v) is 8.58. The van der Waals surface area contributed by atoms with Crippen LogP contribution in [0.1, 0.15) is 73.9 Å². The molecule has 1 saturated carbocycles. The first-order valence-electron chi connectivity index (χ1n) is 10.5. The maximum atomic E-state index is 12.6. The van der Waals surface area contributed by atoms with Crippen LogP contribution in [0.3, 0.4) is 0 Å². The molecule has 5 nitrogen and oxygen atoms in total. The SMILES string of the molecule is CC(C)c1ccc(O[C@H]2C[C@H](NC(=O)c3cnn4ccccc34)C2)c(C(C)C)c1. The van der Waals surface area contributed by atoms with Crippen LogP contribution in [0.15, 0.2) is 48.8 Å². The zero-order valence-electron chi connectivity index (χ0n) is 17.6. The molecule has 2 heterocycles. The molecule has 0 atom stereocenters. The third-order valence-electron chi connectivity index (χ3n) is 5.72. The van der Waals surface area contributed by atoms with E-state index in [1.165, 1.54) is 11.1 Å². The van der Waals surface area contributed by atoms with Crippen LogP contribution in [0.5, 0.6) is 5.75 Å². The Bertz CT molecular complexity index is 1020. The van der Waals surface area contributed by atoms with Crippen LogP contribution in [-0.4, -0.2) is 27.7 Å². The fraction of sp³-hybridized carbons (Fsp3) is 0.417. The lowest BCUT2D eigenvalue weighted by atomic mass is 9.88. The summed E-state index contributed by atoms with van der Waals surface area (Å²) in [5.74, 6) is 1.82. The molecule has 2 aromatic heterocycles. The molecule has 0 radical (unpaired) electrons. The molecule has 152 valence electrons. The molecule has 0 aliphatic heterocycles. The number of rotatable bonds is 6. The summed E-state index contributed by atoms with van der Waals surface area (Å²) in [5, 5.41) is 7.35. The van der Waals surface area contributed by atoms with Crippen molar-refractivity contribution in [3.63, 3.8) is 0 Å². The highest BCUT2D eigenvalue weighted by Crippen LogP contribution is 2.34. The monoisotopic (exact) mass is 391 g/mol. The molecule has 1 amide bonds. The Morgan fingerprint density at radius 2 is 1.93 bits per heavy atom. The van der Waals surface area contributed by atoms with Gasteiger partial charge in [0.05, 0.1) is 17.3 Å². The number of nitrogens with one attached hydrogen (secondary N) is 1. The molecule has 0 saturated heterocycles. The molecule has 1 fully saturated rings. The number of pyridine rings is 1. The molecular formula is C24H29N3O2. The molecule has 29 heavy (non-hydrogen) atoms. The van der Waals surface area contributed by atoms with E-state index in [4.69, 9.17) is 4.74 Å². The van der Waals surface area contributed by atoms with Gasteiger partial charge in [-0.1, -0.05) is 45.9 Å². The molecule has 1 aliphatic carbocycles. The summed E-state index contributed by atoms with van der Waals surface area (Å²) in [6, 6.07) is 12.4. The van der Waals surface area contributed by atoms with Crippen molar-refractivity contribution in [2.75, 3.05) is 0 Å². The third kappa shape index (κ3) is 4.00. The molecule has 0 bridgehead atoms. The van der Waals surface area contributed by atoms with E-state index in [0.29, 0.717) is 17.4 Å². The van der Waals surface area contributed by atoms with Crippen LogP contribution >= 0.6 is 0 Å². The Morgan fingerprint density at radius 3 is 2.66 bits per heavy atom. The number of amides is 1. The van der Waals surface area contributed by atoms with Gasteiger partial charge in [0.15, 0.2) is 0 Å². The van der Waals surface area contributed by atoms with Gasteiger partial charge in [-0.3, -0.25) is 4.79 Å². The summed E-state index contributed by atoms with van der Waals surface area (Å²) in [5.41, 5.74) is 4.04. The molecule has 0 unspecified atom stereocenters. The number of nitrogens with zero attached hydrogens (tertiary/aromatic N) is 2. The Labute approximate surface area is 172 Å². The highest BCUT2D eigenvalue weighted by molar-refractivity contribution is 6.00. The van der Waals surface area contributed by atoms with Gasteiger partial charge >= 0.3 is 0 Å². The molecule has 1 aromatic carbocycles. The summed E-state index contributed by atoms with van der Waals surface area (Å²) in [7, 11) is 0. The third-order valence-corrected chi connectivity index (χ3v) is 5.72. The van der Waals surface area contributed by atoms with E-state index in [1.54, 1.807) is 10.7 Å². The van der Waals surface area contributed by atoms with Crippen LogP contribution in [0, 0.1) is 0 Å². The van der Waals surface area contributed by atoms with E-state index >= 15 is 0 Å². The van der Waals surface area contributed by atoms with Crippen molar-refractivity contribution >= 4 is 11.4 Å². The van der Waals surface area contributed by atoms with Gasteiger partial charge in [-0.15, -0.1) is 0 Å². The minimum absolute atomic E-state index is 0.0706. The van der Waals surface area contributed by atoms with E-state index in [1.807, 2.05) is 24.4 Å². The van der Waals surface area contributed by atoms with Gasteiger partial charge in [0, 0.05) is 25.1 Å². The number of ether oxygens (including phenoxy) is 1. The van der Waals surface area contributed by atoms with Crippen molar-refractivity contribution in [3.05, 3.63) is 65.5 Å². The van der Waals surface area contributed by atoms with Crippen LogP contribution in [-0.2, 0) is 0 Å². The summed E-state index contributed by atoms with van der Waals surface area (Å²) >= 11 is 0. The number of benzene rings is 1. The van der Waals surface area contributed by atoms with Crippen molar-refractivity contribution < 1.29 is 9.53 Å². The van der Waals surface area contributed by atoms with Gasteiger partial charge in [0.25, 0.3) is 5.91 Å². The van der Waals surface area contributed by atoms with Gasteiger partial charge in [-0.05, 0) is 41.2 Å². The maximum Gasteiger partial charge on any atom is 0.255 e. The average Bonchev–Trinajstić information content (AvgIpc) is 3.10. The normalized spacial score (nSPS) is 18.8. The number of aromatic nitrogens is 2. The lowest BCUT2D eigenvalue weighted by Crippen LogP contribution is -2.49. The van der Waals surface area contributed by atoms with E-state index in [0.717, 1.165) is 24.1 Å². The van der Waals surface area contributed by atoms with E-state index in [-0.39, 0.29) is 18.1 Å². The predicted molar refractivity (Wildman–Crippen MR) is 115 cm³/mol. The van der Waals surface area contributed by atoms with Crippen molar-refractivity contribution in [2.45, 2.75) is 64.5 Å². The number of hydrogen-bond donors (Lipinski definition) is 1. The second-order valence-electron chi connectivity index (χ2n) is 8.58. The van der Waals surface area contributed by atoms with E-state index in [9.17, 15) is 4.79 Å². The van der Waals surface area contributed by atoms with Crippen molar-refractivity contribution in [3.8, 4) is 5.75 Å². The predicted octanol–water partition coefficient (Wildman–Crippen LogP) is 4.92. The molecule has 1 N–H and O–H groups in total. The van der Waals surface area contributed by atoms with Crippen molar-refractivity contribution in [1.29, 1.82) is 0 Å². The highest BCUT2D eigenvalue weighted by Gasteiger charge is 2.33. The molecule has 4 rings (SSSR count). The maximum absolute atomic E-state index is 12.6. The minimum atomic E-state index is -0.0706. The first-order chi connectivity index (χ1) is 13.9. The van der Waals surface area contributed by atoms with Crippen LogP contribution < -0.4 is 10.1 Å². The van der Waals surface area contributed by atoms with Gasteiger partial charge in [0.2, 0.25) is 0 Å². The second kappa shape index (κ2) is 7.90. The Balaban J connectivity index is 1.36. The Morgan fingerprint density at radius 1 is 1.14 bits per heavy atom. The number of carbonyl (C=O) groups is 1. The topological polar surface area (TPSA) is 55.6 Å². The first kappa shape index (κ1) is 19.5. The fourth-order valence-electron chi connectivity index (χ4n) is 3.82. The van der Waals surface area contributed by atoms with E-state index in [2.05, 4.69) is 56.3 Å². The van der Waals surface area contributed by atoms with Gasteiger partial charge in [0.1, 0.15) is 11.9 Å². The summed E-state index contributed by atoms with van der Waals surface area (Å²) in [6.45, 7) is 8.82. The van der Waals surface area contributed by atoms with Gasteiger partial charge in [-0.25, -0.2) is 4.52 Å². The number of fused-ring (bicyclic) bond motifs is 1.